The molecule has 0 radical (unpaired) electrons. The predicted octanol–water partition coefficient (Wildman–Crippen LogP) is -2.97. The van der Waals surface area contributed by atoms with Crippen LogP contribution in [-0.4, -0.2) is 142 Å². The van der Waals surface area contributed by atoms with Crippen LogP contribution in [0.3, 0.4) is 0 Å². The first-order valence-corrected chi connectivity index (χ1v) is 13.2. The lowest BCUT2D eigenvalue weighted by Gasteiger charge is -2.48. The van der Waals surface area contributed by atoms with Crippen molar-refractivity contribution >= 4 is 11.9 Å². The number of nitrogens with zero attached hydrogens (tertiary/aromatic N) is 1. The number of hydrogen-bond donors (Lipinski definition) is 8. The van der Waals surface area contributed by atoms with E-state index in [-0.39, 0.29) is 37.6 Å². The van der Waals surface area contributed by atoms with Gasteiger partial charge in [0.1, 0.15) is 29.6 Å². The average Bonchev–Trinajstić information content (AvgIpc) is 2.97. The maximum Gasteiger partial charge on any atom is 0.340 e. The molecule has 16 heteroatoms. The van der Waals surface area contributed by atoms with E-state index in [2.05, 4.69) is 11.9 Å². The molecule has 0 spiro atoms. The number of carbonyl (C=O) groups excluding carboxylic acids is 1. The Bertz CT molecular complexity index is 1150. The molecule has 0 amide bonds. The lowest BCUT2D eigenvalue weighted by molar-refractivity contribution is -0.412. The fourth-order valence-corrected chi connectivity index (χ4v) is 4.83. The van der Waals surface area contributed by atoms with E-state index in [1.807, 2.05) is 0 Å². The molecule has 0 aromatic heterocycles. The zero-order chi connectivity index (χ0) is 31.9. The van der Waals surface area contributed by atoms with Crippen molar-refractivity contribution in [3.8, 4) is 0 Å². The topological polar surface area (TPSA) is 237 Å². The van der Waals surface area contributed by atoms with Gasteiger partial charge in [-0.25, -0.2) is 9.59 Å². The molecule has 1 saturated heterocycles. The summed E-state index contributed by atoms with van der Waals surface area (Å²) in [6.07, 6.45) is -1.10. The molecule has 16 nitrogen and oxygen atoms in total. The van der Waals surface area contributed by atoms with E-state index in [1.165, 1.54) is 37.6 Å². The van der Waals surface area contributed by atoms with E-state index in [0.717, 1.165) is 13.4 Å². The van der Waals surface area contributed by atoms with Crippen molar-refractivity contribution in [1.82, 2.24) is 10.2 Å². The van der Waals surface area contributed by atoms with Gasteiger partial charge in [0.25, 0.3) is 0 Å². The maximum absolute atomic E-state index is 12.7. The van der Waals surface area contributed by atoms with Crippen molar-refractivity contribution in [2.24, 2.45) is 5.92 Å². The second-order valence-electron chi connectivity index (χ2n) is 9.93. The van der Waals surface area contributed by atoms with Crippen molar-refractivity contribution in [3.63, 3.8) is 0 Å². The lowest BCUT2D eigenvalue weighted by Crippen LogP contribution is -2.69. The minimum Gasteiger partial charge on any atom is -0.478 e. The van der Waals surface area contributed by atoms with Gasteiger partial charge in [-0.2, -0.15) is 0 Å². The summed E-state index contributed by atoms with van der Waals surface area (Å²) >= 11 is 0. The molecule has 3 aliphatic heterocycles. The number of aliphatic hydroxyl groups is 6. The van der Waals surface area contributed by atoms with Crippen LogP contribution in [-0.2, 0) is 33.3 Å². The van der Waals surface area contributed by atoms with Crippen molar-refractivity contribution in [2.75, 3.05) is 47.2 Å². The van der Waals surface area contributed by atoms with Gasteiger partial charge in [0.05, 0.1) is 38.5 Å². The number of hydrogen-bond acceptors (Lipinski definition) is 15. The normalized spacial score (nSPS) is 32.4. The van der Waals surface area contributed by atoms with Crippen LogP contribution in [0.4, 0.5) is 0 Å². The number of esters is 1. The molecule has 0 aromatic rings. The lowest BCUT2D eigenvalue weighted by atomic mass is 9.78. The summed E-state index contributed by atoms with van der Waals surface area (Å²) in [5, 5.41) is 74.7. The maximum atomic E-state index is 12.7. The van der Waals surface area contributed by atoms with Gasteiger partial charge < -0.3 is 64.3 Å². The molecular weight excluding hydrogens is 576 g/mol. The van der Waals surface area contributed by atoms with E-state index in [0.29, 0.717) is 5.57 Å². The number of carboxylic acids is 1. The van der Waals surface area contributed by atoms with Gasteiger partial charge in [0, 0.05) is 19.3 Å². The molecule has 3 heterocycles. The SMILES string of the molecule is C=C[C@H]1[C@H](O[C@@H]2O[C@H](CO)[C@@H](O)C(O)(O)[C@H]2OCNC)OC=C(C(=O)OC)[C@@]1(O)/C=C/C1=CC(C(=O)O)=CN(CCO)C1. The summed E-state index contributed by atoms with van der Waals surface area (Å²) in [6.45, 7) is 2.71. The highest BCUT2D eigenvalue weighted by molar-refractivity contribution is 5.92. The second-order valence-corrected chi connectivity index (χ2v) is 9.93. The van der Waals surface area contributed by atoms with Gasteiger partial charge >= 0.3 is 11.9 Å². The largest absolute Gasteiger partial charge is 0.478 e. The van der Waals surface area contributed by atoms with E-state index >= 15 is 0 Å². The number of rotatable bonds is 13. The number of nitrogens with one attached hydrogen (secondary N) is 1. The third-order valence-corrected chi connectivity index (χ3v) is 7.06. The molecule has 8 N–H and O–H groups in total. The van der Waals surface area contributed by atoms with E-state index in [9.17, 15) is 45.3 Å². The molecular formula is C27H38N2O14. The highest BCUT2D eigenvalue weighted by Crippen LogP contribution is 2.40. The quantitative estimate of drug-likeness (QED) is 0.0587. The van der Waals surface area contributed by atoms with E-state index in [4.69, 9.17) is 23.7 Å². The van der Waals surface area contributed by atoms with Crippen LogP contribution in [0.25, 0.3) is 0 Å². The minimum atomic E-state index is -2.96. The van der Waals surface area contributed by atoms with Crippen LogP contribution >= 0.6 is 0 Å². The van der Waals surface area contributed by atoms with Crippen molar-refractivity contribution in [1.29, 1.82) is 0 Å². The van der Waals surface area contributed by atoms with Gasteiger partial charge in [0.2, 0.25) is 12.1 Å². The molecule has 0 aromatic carbocycles. The molecule has 0 unspecified atom stereocenters. The molecule has 1 fully saturated rings. The zero-order valence-corrected chi connectivity index (χ0v) is 23.6. The van der Waals surface area contributed by atoms with Gasteiger partial charge in [-0.15, -0.1) is 6.58 Å². The number of aliphatic hydroxyl groups excluding tert-OH is 3. The molecule has 3 rings (SSSR count). The monoisotopic (exact) mass is 614 g/mol. The van der Waals surface area contributed by atoms with Gasteiger partial charge in [-0.3, -0.25) is 5.32 Å². The molecule has 0 aliphatic carbocycles. The number of methoxy groups -OCH3 is 1. The van der Waals surface area contributed by atoms with Crippen LogP contribution in [0, 0.1) is 5.92 Å². The smallest absolute Gasteiger partial charge is 0.340 e. The average molecular weight is 615 g/mol. The summed E-state index contributed by atoms with van der Waals surface area (Å²) in [6, 6.07) is 0. The highest BCUT2D eigenvalue weighted by atomic mass is 16.8. The van der Waals surface area contributed by atoms with Crippen molar-refractivity contribution < 1.29 is 69.0 Å². The Labute approximate surface area is 247 Å². The summed E-state index contributed by atoms with van der Waals surface area (Å²) in [4.78, 5) is 25.9. The molecule has 3 aliphatic rings. The van der Waals surface area contributed by atoms with Gasteiger partial charge in [-0.05, 0) is 24.8 Å². The zero-order valence-electron chi connectivity index (χ0n) is 23.6. The molecule has 7 atom stereocenters. The Balaban J connectivity index is 2.00. The predicted molar refractivity (Wildman–Crippen MR) is 144 cm³/mol. The summed E-state index contributed by atoms with van der Waals surface area (Å²) < 4.78 is 27.3. The molecule has 240 valence electrons. The fraction of sp³-hybridized carbons (Fsp3) is 0.556. The Hall–Kier alpha value is -3.16. The van der Waals surface area contributed by atoms with Crippen molar-refractivity contribution in [3.05, 3.63) is 60.1 Å². The number of aliphatic carboxylic acids is 1. The Morgan fingerprint density at radius 3 is 2.56 bits per heavy atom. The summed E-state index contributed by atoms with van der Waals surface area (Å²) in [5.74, 6) is -6.46. The van der Waals surface area contributed by atoms with Crippen LogP contribution < -0.4 is 5.32 Å². The summed E-state index contributed by atoms with van der Waals surface area (Å²) in [7, 11) is 2.59. The Morgan fingerprint density at radius 1 is 1.26 bits per heavy atom. The number of carbonyl (C=O) groups is 2. The van der Waals surface area contributed by atoms with Crippen LogP contribution in [0.15, 0.2) is 60.1 Å². The standard InChI is InChI=1S/C27H38N2O14/c1-4-17-24(43-25-21(41-14-28-2)27(37,38)20(32)19(12-31)42-25)40-13-18(23(35)39-3)26(17,36)6-5-15-9-16(22(33)34)11-29(10-15)7-8-30/h4-6,9,11,13,17,19-21,24-25,28,30-32,36-38H,1,7-8,10,12,14H2,2-3H3,(H,33,34)/b6-5+/t17-,19+,20+,21-,24-,25-,26+/m0/s1. The van der Waals surface area contributed by atoms with Crippen molar-refractivity contribution in [2.45, 2.75) is 42.3 Å². The second kappa shape index (κ2) is 14.5. The number of β-amino-alcohol motifs (C(OH)–C–C–N with tert-alkyl or cyclic N) is 1. The Morgan fingerprint density at radius 2 is 1.98 bits per heavy atom. The minimum absolute atomic E-state index is 0.0808. The van der Waals surface area contributed by atoms with Crippen LogP contribution in [0.1, 0.15) is 0 Å². The van der Waals surface area contributed by atoms with Crippen LogP contribution in [0.5, 0.6) is 0 Å². The molecule has 0 bridgehead atoms. The fourth-order valence-electron chi connectivity index (χ4n) is 4.83. The van der Waals surface area contributed by atoms with Gasteiger partial charge in [-0.1, -0.05) is 12.2 Å². The van der Waals surface area contributed by atoms with E-state index in [1.54, 1.807) is 4.90 Å². The molecule has 0 saturated carbocycles. The number of ether oxygens (including phenoxy) is 5. The number of carboxylic acid groups (broad SMARTS) is 1. The first-order valence-electron chi connectivity index (χ1n) is 13.2. The first kappa shape index (κ1) is 34.3. The first-order chi connectivity index (χ1) is 20.4. The highest BCUT2D eigenvalue weighted by Gasteiger charge is 2.58. The summed E-state index contributed by atoms with van der Waals surface area (Å²) in [5.41, 5.74) is -2.29. The third-order valence-electron chi connectivity index (χ3n) is 7.06. The van der Waals surface area contributed by atoms with Gasteiger partial charge in [0.15, 0.2) is 12.4 Å². The third kappa shape index (κ3) is 7.32. The van der Waals surface area contributed by atoms with E-state index < -0.39 is 66.7 Å². The Kier molecular flexibility index (Phi) is 11.6. The molecule has 43 heavy (non-hydrogen) atoms. The van der Waals surface area contributed by atoms with Crippen LogP contribution in [0.2, 0.25) is 0 Å².